The summed E-state index contributed by atoms with van der Waals surface area (Å²) in [7, 11) is -4.28. The highest BCUT2D eigenvalue weighted by atomic mass is 32.2. The Labute approximate surface area is 238 Å². The lowest BCUT2D eigenvalue weighted by Crippen LogP contribution is -2.45. The second-order valence-corrected chi connectivity index (χ2v) is 12.0. The molecule has 2 heterocycles. The minimum Gasteiger partial charge on any atom is -0.454 e. The third-order valence-electron chi connectivity index (χ3n) is 7.47. The quantitative estimate of drug-likeness (QED) is 0.234. The van der Waals surface area contributed by atoms with Crippen LogP contribution in [0, 0.1) is 27.7 Å². The van der Waals surface area contributed by atoms with Crippen molar-refractivity contribution in [1.82, 2.24) is 4.31 Å². The number of carbonyl (C=O) groups excluding carboxylic acids is 3. The topological polar surface area (TPSA) is 120 Å². The second-order valence-electron chi connectivity index (χ2n) is 10.2. The molecule has 0 saturated carbocycles. The number of benzene rings is 3. The van der Waals surface area contributed by atoms with Crippen molar-refractivity contribution in [3.63, 3.8) is 0 Å². The lowest BCUT2D eigenvalue weighted by Gasteiger charge is -2.29. The SMILES string of the molecule is CC(=O)Oc1ccc(N2C(=O)CC(N(Cc3ccc4c(c3)OCO4)S(=O)(=O)c3c(C)c(C)cc(C)c3C)C2=O)cc1. The monoisotopic (exact) mass is 578 g/mol. The molecule has 1 unspecified atom stereocenters. The first-order valence-electron chi connectivity index (χ1n) is 13.0. The molecule has 5 rings (SSSR count). The molecular formula is C30H30N2O8S. The maximum atomic E-state index is 14.5. The molecular weight excluding hydrogens is 548 g/mol. The van der Waals surface area contributed by atoms with Crippen molar-refractivity contribution in [3.8, 4) is 17.2 Å². The number of hydrogen-bond acceptors (Lipinski definition) is 8. The number of anilines is 1. The molecule has 1 saturated heterocycles. The fraction of sp³-hybridized carbons (Fsp3) is 0.300. The lowest BCUT2D eigenvalue weighted by molar-refractivity contribution is -0.132. The molecule has 41 heavy (non-hydrogen) atoms. The van der Waals surface area contributed by atoms with Gasteiger partial charge in [0, 0.05) is 13.5 Å². The zero-order valence-electron chi connectivity index (χ0n) is 23.4. The highest BCUT2D eigenvalue weighted by Crippen LogP contribution is 2.37. The molecule has 3 aromatic carbocycles. The van der Waals surface area contributed by atoms with Crippen LogP contribution in [0.4, 0.5) is 5.69 Å². The van der Waals surface area contributed by atoms with Crippen LogP contribution < -0.4 is 19.1 Å². The van der Waals surface area contributed by atoms with Crippen molar-refractivity contribution in [1.29, 1.82) is 0 Å². The van der Waals surface area contributed by atoms with E-state index in [-0.39, 0.29) is 36.1 Å². The number of aryl methyl sites for hydroxylation is 2. The van der Waals surface area contributed by atoms with Gasteiger partial charge < -0.3 is 14.2 Å². The molecule has 0 radical (unpaired) electrons. The Morgan fingerprint density at radius 1 is 0.951 bits per heavy atom. The van der Waals surface area contributed by atoms with Gasteiger partial charge in [0.25, 0.3) is 5.91 Å². The zero-order valence-corrected chi connectivity index (χ0v) is 24.2. The van der Waals surface area contributed by atoms with Crippen LogP contribution in [-0.4, -0.2) is 43.3 Å². The van der Waals surface area contributed by atoms with Crippen LogP contribution in [0.2, 0.25) is 0 Å². The first-order valence-corrected chi connectivity index (χ1v) is 14.5. The van der Waals surface area contributed by atoms with E-state index >= 15 is 0 Å². The van der Waals surface area contributed by atoms with Gasteiger partial charge in [-0.1, -0.05) is 12.1 Å². The molecule has 214 valence electrons. The van der Waals surface area contributed by atoms with Crippen molar-refractivity contribution >= 4 is 33.5 Å². The summed E-state index contributed by atoms with van der Waals surface area (Å²) in [6.45, 7) is 8.32. The fourth-order valence-electron chi connectivity index (χ4n) is 5.21. The summed E-state index contributed by atoms with van der Waals surface area (Å²) < 4.78 is 46.0. The van der Waals surface area contributed by atoms with Gasteiger partial charge in [-0.15, -0.1) is 0 Å². The van der Waals surface area contributed by atoms with Crippen molar-refractivity contribution in [3.05, 3.63) is 76.3 Å². The number of sulfonamides is 1. The number of ether oxygens (including phenoxy) is 3. The minimum atomic E-state index is -4.28. The van der Waals surface area contributed by atoms with Gasteiger partial charge in [-0.2, -0.15) is 4.31 Å². The van der Waals surface area contributed by atoms with E-state index in [2.05, 4.69) is 0 Å². The Kier molecular flexibility index (Phi) is 7.35. The Morgan fingerprint density at radius 2 is 1.59 bits per heavy atom. The van der Waals surface area contributed by atoms with Crippen LogP contribution >= 0.6 is 0 Å². The van der Waals surface area contributed by atoms with Gasteiger partial charge in [0.15, 0.2) is 11.5 Å². The molecule has 11 heteroatoms. The van der Waals surface area contributed by atoms with Crippen molar-refractivity contribution in [2.24, 2.45) is 0 Å². The standard InChI is InChI=1S/C30H30N2O8S/c1-17-12-18(2)20(4)29(19(17)3)41(36,37)31(15-22-6-11-26-27(13-22)39-16-38-26)25-14-28(34)32(30(25)35)23-7-9-24(10-8-23)40-21(5)33/h6-13,25H,14-16H2,1-5H3. The van der Waals surface area contributed by atoms with E-state index < -0.39 is 33.8 Å². The Morgan fingerprint density at radius 3 is 2.22 bits per heavy atom. The summed E-state index contributed by atoms with van der Waals surface area (Å²) in [6, 6.07) is 11.6. The molecule has 0 bridgehead atoms. The summed E-state index contributed by atoms with van der Waals surface area (Å²) in [4.78, 5) is 39.5. The molecule has 0 aromatic heterocycles. The number of rotatable bonds is 7. The molecule has 2 aliphatic rings. The van der Waals surface area contributed by atoms with Gasteiger partial charge in [-0.05, 0) is 91.9 Å². The first-order chi connectivity index (χ1) is 19.4. The lowest BCUT2D eigenvalue weighted by atomic mass is 10.0. The summed E-state index contributed by atoms with van der Waals surface area (Å²) in [6.07, 6.45) is -0.336. The normalized spacial score (nSPS) is 16.5. The van der Waals surface area contributed by atoms with E-state index in [0.29, 0.717) is 28.2 Å². The van der Waals surface area contributed by atoms with Crippen LogP contribution in [0.1, 0.15) is 41.2 Å². The largest absolute Gasteiger partial charge is 0.454 e. The van der Waals surface area contributed by atoms with Gasteiger partial charge in [-0.25, -0.2) is 13.3 Å². The summed E-state index contributed by atoms with van der Waals surface area (Å²) in [5.41, 5.74) is 3.59. The van der Waals surface area contributed by atoms with Crippen molar-refractivity contribution in [2.45, 2.75) is 58.5 Å². The first kappa shape index (κ1) is 28.3. The molecule has 1 atom stereocenters. The molecule has 1 fully saturated rings. The highest BCUT2D eigenvalue weighted by Gasteiger charge is 2.47. The van der Waals surface area contributed by atoms with Crippen LogP contribution in [0.5, 0.6) is 17.2 Å². The predicted molar refractivity (Wildman–Crippen MR) is 149 cm³/mol. The summed E-state index contributed by atoms with van der Waals surface area (Å²) >= 11 is 0. The molecule has 2 amide bonds. The Balaban J connectivity index is 1.57. The van der Waals surface area contributed by atoms with Gasteiger partial charge >= 0.3 is 5.97 Å². The van der Waals surface area contributed by atoms with E-state index in [1.807, 2.05) is 19.9 Å². The van der Waals surface area contributed by atoms with E-state index in [0.717, 1.165) is 20.3 Å². The number of imide groups is 1. The van der Waals surface area contributed by atoms with Crippen LogP contribution in [0.25, 0.3) is 0 Å². The number of carbonyl (C=O) groups is 3. The smallest absolute Gasteiger partial charge is 0.308 e. The van der Waals surface area contributed by atoms with E-state index in [1.165, 1.54) is 31.2 Å². The minimum absolute atomic E-state index is 0.0581. The van der Waals surface area contributed by atoms with E-state index in [1.54, 1.807) is 32.0 Å². The molecule has 0 N–H and O–H groups in total. The number of amides is 2. The average molecular weight is 579 g/mol. The second kappa shape index (κ2) is 10.6. The van der Waals surface area contributed by atoms with Gasteiger partial charge in [0.05, 0.1) is 17.0 Å². The number of esters is 1. The zero-order chi connectivity index (χ0) is 29.6. The average Bonchev–Trinajstić information content (AvgIpc) is 3.49. The third-order valence-corrected chi connectivity index (χ3v) is 9.60. The van der Waals surface area contributed by atoms with E-state index in [9.17, 15) is 22.8 Å². The summed E-state index contributed by atoms with van der Waals surface area (Å²) in [5.74, 6) is -0.446. The van der Waals surface area contributed by atoms with Crippen molar-refractivity contribution < 1.29 is 37.0 Å². The van der Waals surface area contributed by atoms with Crippen LogP contribution in [0.15, 0.2) is 53.4 Å². The molecule has 2 aliphatic heterocycles. The van der Waals surface area contributed by atoms with Gasteiger partial charge in [0.1, 0.15) is 11.8 Å². The number of nitrogens with zero attached hydrogens (tertiary/aromatic N) is 2. The Bertz CT molecular complexity index is 1660. The molecule has 0 aliphatic carbocycles. The highest BCUT2D eigenvalue weighted by molar-refractivity contribution is 7.89. The number of fused-ring (bicyclic) bond motifs is 1. The molecule has 10 nitrogen and oxygen atoms in total. The predicted octanol–water partition coefficient (Wildman–Crippen LogP) is 4.10. The maximum Gasteiger partial charge on any atom is 0.308 e. The van der Waals surface area contributed by atoms with Crippen LogP contribution in [0.3, 0.4) is 0 Å². The maximum absolute atomic E-state index is 14.5. The summed E-state index contributed by atoms with van der Waals surface area (Å²) in [5, 5.41) is 0. The molecule has 0 spiro atoms. The van der Waals surface area contributed by atoms with Gasteiger partial charge in [0.2, 0.25) is 22.7 Å². The van der Waals surface area contributed by atoms with E-state index in [4.69, 9.17) is 14.2 Å². The van der Waals surface area contributed by atoms with Crippen LogP contribution in [-0.2, 0) is 31.0 Å². The fourth-order valence-corrected chi connectivity index (χ4v) is 7.36. The molecule has 3 aromatic rings. The van der Waals surface area contributed by atoms with Crippen molar-refractivity contribution in [2.75, 3.05) is 11.7 Å². The van der Waals surface area contributed by atoms with Gasteiger partial charge in [-0.3, -0.25) is 14.4 Å². The Hall–Kier alpha value is -4.22. The number of hydrogen-bond donors (Lipinski definition) is 0. The third kappa shape index (κ3) is 5.18.